The monoisotopic (exact) mass is 479 g/mol. The minimum atomic E-state index is -4.02. The van der Waals surface area contributed by atoms with Crippen molar-refractivity contribution in [3.05, 3.63) is 53.8 Å². The Morgan fingerprint density at radius 3 is 2.67 bits per heavy atom. The van der Waals surface area contributed by atoms with Gasteiger partial charge in [0.15, 0.2) is 0 Å². The number of fused-ring (bicyclic) bond motifs is 1. The number of benzene rings is 2. The van der Waals surface area contributed by atoms with Crippen LogP contribution in [0.2, 0.25) is 0 Å². The molecule has 0 unspecified atom stereocenters. The average molecular weight is 480 g/mol. The maximum Gasteiger partial charge on any atom is 0.261 e. The highest BCUT2D eigenvalue weighted by molar-refractivity contribution is 7.92. The first-order chi connectivity index (χ1) is 15.6. The molecule has 180 valence electrons. The van der Waals surface area contributed by atoms with E-state index in [-0.39, 0.29) is 46.9 Å². The Kier molecular flexibility index (Phi) is 7.93. The van der Waals surface area contributed by atoms with Crippen molar-refractivity contribution >= 4 is 21.6 Å². The van der Waals surface area contributed by atoms with E-state index in [2.05, 4.69) is 17.0 Å². The number of hydrogen-bond acceptors (Lipinski definition) is 6. The number of ether oxygens (including phenoxy) is 2. The van der Waals surface area contributed by atoms with Crippen molar-refractivity contribution in [2.75, 3.05) is 38.6 Å². The second kappa shape index (κ2) is 10.5. The summed E-state index contributed by atoms with van der Waals surface area (Å²) in [6, 6.07) is 9.18. The lowest BCUT2D eigenvalue weighted by Gasteiger charge is -2.30. The summed E-state index contributed by atoms with van der Waals surface area (Å²) in [5.41, 5.74) is 0.506. The van der Waals surface area contributed by atoms with E-state index < -0.39 is 15.8 Å². The van der Waals surface area contributed by atoms with Gasteiger partial charge >= 0.3 is 0 Å². The van der Waals surface area contributed by atoms with Crippen LogP contribution >= 0.6 is 0 Å². The highest BCUT2D eigenvalue weighted by Crippen LogP contribution is 2.27. The summed E-state index contributed by atoms with van der Waals surface area (Å²) in [5.74, 6) is -0.494. The summed E-state index contributed by atoms with van der Waals surface area (Å²) >= 11 is 0. The van der Waals surface area contributed by atoms with Crippen molar-refractivity contribution in [1.29, 1.82) is 0 Å². The number of sulfonamides is 1. The van der Waals surface area contributed by atoms with E-state index in [9.17, 15) is 17.6 Å². The molecule has 0 aliphatic carbocycles. The molecule has 0 saturated heterocycles. The molecule has 1 aliphatic heterocycles. The fourth-order valence-corrected chi connectivity index (χ4v) is 4.65. The Morgan fingerprint density at radius 2 is 1.97 bits per heavy atom. The number of halogens is 1. The van der Waals surface area contributed by atoms with E-state index in [1.54, 1.807) is 19.1 Å². The minimum absolute atomic E-state index is 0.0160. The van der Waals surface area contributed by atoms with Crippen LogP contribution in [0.15, 0.2) is 47.4 Å². The summed E-state index contributed by atoms with van der Waals surface area (Å²) < 4.78 is 52.8. The Morgan fingerprint density at radius 1 is 1.21 bits per heavy atom. The van der Waals surface area contributed by atoms with Crippen molar-refractivity contribution in [3.8, 4) is 5.75 Å². The first kappa shape index (κ1) is 24.9. The van der Waals surface area contributed by atoms with Gasteiger partial charge in [0.25, 0.3) is 15.9 Å². The van der Waals surface area contributed by atoms with Gasteiger partial charge < -0.3 is 19.7 Å². The lowest BCUT2D eigenvalue weighted by Crippen LogP contribution is -2.44. The predicted octanol–water partition coefficient (Wildman–Crippen LogP) is 2.72. The van der Waals surface area contributed by atoms with Crippen LogP contribution in [0.5, 0.6) is 5.75 Å². The largest absolute Gasteiger partial charge is 0.491 e. The lowest BCUT2D eigenvalue weighted by atomic mass is 10.0. The molecule has 0 fully saturated rings. The van der Waals surface area contributed by atoms with Crippen molar-refractivity contribution in [2.24, 2.45) is 5.92 Å². The van der Waals surface area contributed by atoms with Crippen molar-refractivity contribution in [1.82, 2.24) is 10.2 Å². The van der Waals surface area contributed by atoms with Crippen LogP contribution < -0.4 is 14.8 Å². The molecule has 0 aromatic heterocycles. The number of rotatable bonds is 4. The van der Waals surface area contributed by atoms with Crippen LogP contribution in [-0.4, -0.2) is 65.2 Å². The number of likely N-dealkylation sites (N-methyl/N-ethyl adjacent to an activating group) is 1. The third-order valence-electron chi connectivity index (χ3n) is 5.59. The summed E-state index contributed by atoms with van der Waals surface area (Å²) in [4.78, 5) is 14.5. The molecular weight excluding hydrogens is 449 g/mol. The summed E-state index contributed by atoms with van der Waals surface area (Å²) in [6.07, 6.45) is -0.153. The number of nitrogens with one attached hydrogen (secondary N) is 2. The third kappa shape index (κ3) is 6.21. The number of amides is 1. The lowest BCUT2D eigenvalue weighted by molar-refractivity contribution is 0.0281. The van der Waals surface area contributed by atoms with Gasteiger partial charge in [-0.2, -0.15) is 0 Å². The molecule has 3 rings (SSSR count). The van der Waals surface area contributed by atoms with Crippen LogP contribution in [0.1, 0.15) is 24.2 Å². The van der Waals surface area contributed by atoms with E-state index in [4.69, 9.17) is 9.47 Å². The number of nitrogens with zero attached hydrogens (tertiary/aromatic N) is 1. The van der Waals surface area contributed by atoms with E-state index >= 15 is 0 Å². The van der Waals surface area contributed by atoms with Crippen LogP contribution in [0.25, 0.3) is 0 Å². The van der Waals surface area contributed by atoms with Crippen LogP contribution in [0.4, 0.5) is 10.1 Å². The van der Waals surface area contributed by atoms with Crippen LogP contribution in [0, 0.1) is 11.7 Å². The molecule has 10 heteroatoms. The summed E-state index contributed by atoms with van der Waals surface area (Å²) in [5, 5.41) is 3.40. The molecule has 3 atom stereocenters. The van der Waals surface area contributed by atoms with Gasteiger partial charge in [-0.25, -0.2) is 12.8 Å². The van der Waals surface area contributed by atoms with Gasteiger partial charge in [0, 0.05) is 39.4 Å². The van der Waals surface area contributed by atoms with Gasteiger partial charge in [0.2, 0.25) is 0 Å². The number of carbonyl (C=O) groups is 1. The zero-order valence-corrected chi connectivity index (χ0v) is 20.0. The zero-order valence-electron chi connectivity index (χ0n) is 19.2. The molecule has 8 nitrogen and oxygen atoms in total. The number of anilines is 1. The molecule has 1 heterocycles. The standard InChI is InChI=1S/C23H30FN3O5S/c1-15-12-25-16(2)14-32-21-11-18(26-33(29,30)19-7-5-6-17(24)10-19)8-9-20(21)23(28)27(3)13-22(15)31-4/h5-11,15-16,22,25-26H,12-14H2,1-4H3/t15-,16-,22+/m1/s1. The van der Waals surface area contributed by atoms with Crippen LogP contribution in [0.3, 0.4) is 0 Å². The molecule has 2 aromatic rings. The second-order valence-electron chi connectivity index (χ2n) is 8.33. The van der Waals surface area contributed by atoms with E-state index in [0.29, 0.717) is 18.7 Å². The van der Waals surface area contributed by atoms with E-state index in [1.165, 1.54) is 36.4 Å². The van der Waals surface area contributed by atoms with Crippen molar-refractivity contribution < 1.29 is 27.1 Å². The van der Waals surface area contributed by atoms with Gasteiger partial charge in [-0.1, -0.05) is 13.0 Å². The highest BCUT2D eigenvalue weighted by atomic mass is 32.2. The zero-order chi connectivity index (χ0) is 24.2. The molecular formula is C23H30FN3O5S. The van der Waals surface area contributed by atoms with E-state index in [1.807, 2.05) is 6.92 Å². The van der Waals surface area contributed by atoms with Gasteiger partial charge in [-0.15, -0.1) is 0 Å². The Labute approximate surface area is 194 Å². The minimum Gasteiger partial charge on any atom is -0.491 e. The van der Waals surface area contributed by atoms with Gasteiger partial charge in [0.1, 0.15) is 18.2 Å². The SMILES string of the molecule is CO[C@H]1CN(C)C(=O)c2ccc(NS(=O)(=O)c3cccc(F)c3)cc2OC[C@@H](C)NC[C@H]1C. The normalized spacial score (nSPS) is 22.5. The van der Waals surface area contributed by atoms with Gasteiger partial charge in [0.05, 0.1) is 22.3 Å². The number of methoxy groups -OCH3 is 1. The molecule has 0 bridgehead atoms. The van der Waals surface area contributed by atoms with Gasteiger partial charge in [-0.05, 0) is 43.2 Å². The fourth-order valence-electron chi connectivity index (χ4n) is 3.57. The predicted molar refractivity (Wildman–Crippen MR) is 124 cm³/mol. The fraction of sp³-hybridized carbons (Fsp3) is 0.435. The average Bonchev–Trinajstić information content (AvgIpc) is 2.78. The van der Waals surface area contributed by atoms with Crippen molar-refractivity contribution in [3.63, 3.8) is 0 Å². The second-order valence-corrected chi connectivity index (χ2v) is 10.0. The molecule has 2 N–H and O–H groups in total. The van der Waals surface area contributed by atoms with E-state index in [0.717, 1.165) is 6.07 Å². The molecule has 33 heavy (non-hydrogen) atoms. The van der Waals surface area contributed by atoms with Gasteiger partial charge in [-0.3, -0.25) is 9.52 Å². The van der Waals surface area contributed by atoms with Crippen molar-refractivity contribution in [2.45, 2.75) is 30.9 Å². The third-order valence-corrected chi connectivity index (χ3v) is 6.96. The maximum atomic E-state index is 13.5. The molecule has 0 spiro atoms. The topological polar surface area (TPSA) is 97.0 Å². The first-order valence-electron chi connectivity index (χ1n) is 10.7. The Bertz CT molecular complexity index is 1100. The number of carbonyl (C=O) groups excluding carboxylic acids is 1. The highest BCUT2D eigenvalue weighted by Gasteiger charge is 2.26. The first-order valence-corrected chi connectivity index (χ1v) is 12.2. The maximum absolute atomic E-state index is 13.5. The number of hydrogen-bond donors (Lipinski definition) is 2. The molecule has 1 aliphatic rings. The molecule has 0 radical (unpaired) electrons. The Balaban J connectivity index is 1.92. The summed E-state index contributed by atoms with van der Waals surface area (Å²) in [7, 11) is -0.708. The molecule has 2 aromatic carbocycles. The molecule has 1 amide bonds. The molecule has 0 saturated carbocycles. The Hall–Kier alpha value is -2.69. The smallest absolute Gasteiger partial charge is 0.261 e. The quantitative estimate of drug-likeness (QED) is 0.700. The summed E-state index contributed by atoms with van der Waals surface area (Å²) in [6.45, 7) is 5.37. The van der Waals surface area contributed by atoms with Crippen LogP contribution in [-0.2, 0) is 14.8 Å².